The Morgan fingerprint density at radius 2 is 1.85 bits per heavy atom. The van der Waals surface area contributed by atoms with Crippen molar-refractivity contribution in [3.8, 4) is 5.75 Å². The molecule has 27 heavy (non-hydrogen) atoms. The van der Waals surface area contributed by atoms with Crippen LogP contribution in [0.1, 0.15) is 63.4 Å². The van der Waals surface area contributed by atoms with Crippen LogP contribution in [0.4, 0.5) is 0 Å². The van der Waals surface area contributed by atoms with Crippen molar-refractivity contribution in [1.29, 1.82) is 0 Å². The van der Waals surface area contributed by atoms with E-state index in [0.29, 0.717) is 11.8 Å². The molecule has 0 aromatic heterocycles. The highest BCUT2D eigenvalue weighted by molar-refractivity contribution is 5.57. The van der Waals surface area contributed by atoms with E-state index in [1.54, 1.807) is 7.11 Å². The molecule has 3 heteroatoms. The summed E-state index contributed by atoms with van der Waals surface area (Å²) in [6.07, 6.45) is 12.9. The van der Waals surface area contributed by atoms with Crippen molar-refractivity contribution in [2.75, 3.05) is 27.7 Å². The minimum atomic E-state index is -0.676. The number of hydrogen-bond donors (Lipinski definition) is 1. The van der Waals surface area contributed by atoms with Crippen LogP contribution in [-0.2, 0) is 0 Å². The summed E-state index contributed by atoms with van der Waals surface area (Å²) in [5.41, 5.74) is 1.72. The van der Waals surface area contributed by atoms with Gasteiger partial charge in [-0.1, -0.05) is 43.9 Å². The number of hydrogen-bond acceptors (Lipinski definition) is 3. The molecule has 1 N–H and O–H groups in total. The highest BCUT2D eigenvalue weighted by atomic mass is 16.5. The minimum Gasteiger partial charge on any atom is -0.497 e. The number of rotatable bonds is 5. The van der Waals surface area contributed by atoms with Crippen molar-refractivity contribution < 1.29 is 9.84 Å². The molecule has 2 saturated carbocycles. The molecule has 150 valence electrons. The predicted molar refractivity (Wildman–Crippen MR) is 113 cm³/mol. The molecule has 0 heterocycles. The molecule has 0 saturated heterocycles. The lowest BCUT2D eigenvalue weighted by Crippen LogP contribution is -2.50. The molecule has 2 fully saturated rings. The van der Waals surface area contributed by atoms with Gasteiger partial charge in [0, 0.05) is 12.5 Å². The maximum Gasteiger partial charge on any atom is 0.119 e. The van der Waals surface area contributed by atoms with E-state index in [1.807, 2.05) is 12.1 Å². The first-order valence-corrected chi connectivity index (χ1v) is 10.8. The molecule has 2 atom stereocenters. The molecule has 3 rings (SSSR count). The third kappa shape index (κ3) is 4.75. The summed E-state index contributed by atoms with van der Waals surface area (Å²) in [6, 6.07) is 8.24. The van der Waals surface area contributed by atoms with Gasteiger partial charge < -0.3 is 14.7 Å². The van der Waals surface area contributed by atoms with Gasteiger partial charge in [-0.3, -0.25) is 0 Å². The van der Waals surface area contributed by atoms with Crippen molar-refractivity contribution >= 4 is 6.08 Å². The Kier molecular flexibility index (Phi) is 6.99. The first kappa shape index (κ1) is 20.4. The SMILES string of the molecule is COc1cccc(/C=C2\CCCCC(CN(C)C)C2(O)C2CCCCC2)c1. The van der Waals surface area contributed by atoms with E-state index in [0.717, 1.165) is 43.5 Å². The minimum absolute atomic E-state index is 0.315. The average molecular weight is 372 g/mol. The predicted octanol–water partition coefficient (Wildman–Crippen LogP) is 5.14. The number of nitrogens with zero attached hydrogens (tertiary/aromatic N) is 1. The van der Waals surface area contributed by atoms with E-state index in [9.17, 15) is 5.11 Å². The zero-order valence-corrected chi connectivity index (χ0v) is 17.4. The van der Waals surface area contributed by atoms with E-state index in [1.165, 1.54) is 37.7 Å². The Morgan fingerprint density at radius 1 is 1.11 bits per heavy atom. The molecule has 1 aromatic carbocycles. The van der Waals surface area contributed by atoms with Crippen LogP contribution in [0.15, 0.2) is 29.8 Å². The van der Waals surface area contributed by atoms with Crippen molar-refractivity contribution in [2.24, 2.45) is 11.8 Å². The summed E-state index contributed by atoms with van der Waals surface area (Å²) < 4.78 is 5.41. The topological polar surface area (TPSA) is 32.7 Å². The molecular weight excluding hydrogens is 334 g/mol. The third-order valence-electron chi connectivity index (χ3n) is 6.63. The Bertz CT molecular complexity index is 633. The van der Waals surface area contributed by atoms with Gasteiger partial charge in [0.25, 0.3) is 0 Å². The van der Waals surface area contributed by atoms with Gasteiger partial charge in [-0.25, -0.2) is 0 Å². The van der Waals surface area contributed by atoms with Gasteiger partial charge in [0.2, 0.25) is 0 Å². The lowest BCUT2D eigenvalue weighted by molar-refractivity contribution is -0.0568. The maximum absolute atomic E-state index is 12.3. The zero-order chi connectivity index (χ0) is 19.3. The lowest BCUT2D eigenvalue weighted by Gasteiger charge is -2.46. The van der Waals surface area contributed by atoms with Crippen LogP contribution in [0.3, 0.4) is 0 Å². The number of benzene rings is 1. The van der Waals surface area contributed by atoms with Gasteiger partial charge in [0.15, 0.2) is 0 Å². The van der Waals surface area contributed by atoms with Crippen LogP contribution in [0, 0.1) is 11.8 Å². The molecule has 3 nitrogen and oxygen atoms in total. The van der Waals surface area contributed by atoms with Gasteiger partial charge in [-0.05, 0) is 75.4 Å². The van der Waals surface area contributed by atoms with Gasteiger partial charge in [0.05, 0.1) is 12.7 Å². The average Bonchev–Trinajstić information content (AvgIpc) is 2.83. The van der Waals surface area contributed by atoms with Gasteiger partial charge in [0.1, 0.15) is 5.75 Å². The first-order valence-electron chi connectivity index (χ1n) is 10.8. The second-order valence-electron chi connectivity index (χ2n) is 8.81. The van der Waals surface area contributed by atoms with E-state index < -0.39 is 5.60 Å². The van der Waals surface area contributed by atoms with Gasteiger partial charge >= 0.3 is 0 Å². The largest absolute Gasteiger partial charge is 0.497 e. The molecule has 0 amide bonds. The summed E-state index contributed by atoms with van der Waals surface area (Å²) in [4.78, 5) is 2.26. The Labute approximate surface area is 165 Å². The summed E-state index contributed by atoms with van der Waals surface area (Å²) in [6.45, 7) is 0.961. The maximum atomic E-state index is 12.3. The van der Waals surface area contributed by atoms with Crippen molar-refractivity contribution in [2.45, 2.75) is 63.4 Å². The summed E-state index contributed by atoms with van der Waals surface area (Å²) in [5.74, 6) is 1.59. The van der Waals surface area contributed by atoms with Crippen LogP contribution in [0.25, 0.3) is 6.08 Å². The fourth-order valence-electron chi connectivity index (χ4n) is 5.32. The molecule has 0 radical (unpaired) electrons. The van der Waals surface area contributed by atoms with E-state index in [4.69, 9.17) is 4.74 Å². The quantitative estimate of drug-likeness (QED) is 0.727. The van der Waals surface area contributed by atoms with Gasteiger partial charge in [-0.2, -0.15) is 0 Å². The highest BCUT2D eigenvalue weighted by Crippen LogP contribution is 2.47. The van der Waals surface area contributed by atoms with Crippen LogP contribution < -0.4 is 4.74 Å². The van der Waals surface area contributed by atoms with Crippen LogP contribution in [-0.4, -0.2) is 43.4 Å². The number of methoxy groups -OCH3 is 1. The molecule has 0 aliphatic heterocycles. The van der Waals surface area contributed by atoms with E-state index >= 15 is 0 Å². The zero-order valence-electron chi connectivity index (χ0n) is 17.4. The second kappa shape index (κ2) is 9.25. The van der Waals surface area contributed by atoms with E-state index in [-0.39, 0.29) is 0 Å². The summed E-state index contributed by atoms with van der Waals surface area (Å²) in [5, 5.41) is 12.3. The summed E-state index contributed by atoms with van der Waals surface area (Å²) >= 11 is 0. The first-order chi connectivity index (χ1) is 13.0. The van der Waals surface area contributed by atoms with Crippen molar-refractivity contribution in [1.82, 2.24) is 4.90 Å². The van der Waals surface area contributed by atoms with Gasteiger partial charge in [-0.15, -0.1) is 0 Å². The summed E-state index contributed by atoms with van der Waals surface area (Å²) in [7, 11) is 5.98. The highest BCUT2D eigenvalue weighted by Gasteiger charge is 2.47. The molecular formula is C24H37NO2. The van der Waals surface area contributed by atoms with E-state index in [2.05, 4.69) is 37.2 Å². The second-order valence-corrected chi connectivity index (χ2v) is 8.81. The third-order valence-corrected chi connectivity index (χ3v) is 6.63. The van der Waals surface area contributed by atoms with Crippen LogP contribution in [0.5, 0.6) is 5.75 Å². The molecule has 0 spiro atoms. The molecule has 2 aliphatic carbocycles. The Hall–Kier alpha value is -1.32. The van der Waals surface area contributed by atoms with Crippen LogP contribution in [0.2, 0.25) is 0 Å². The van der Waals surface area contributed by atoms with Crippen molar-refractivity contribution in [3.63, 3.8) is 0 Å². The number of ether oxygens (including phenoxy) is 1. The standard InChI is InChI=1S/C24H37NO2/c1-25(2)18-22-14-8-7-13-21(16-19-10-9-15-23(17-19)27-3)24(22,26)20-11-5-4-6-12-20/h9-10,15-17,20,22,26H,4-8,11-14,18H2,1-3H3/b21-16+. The fraction of sp³-hybridized carbons (Fsp3) is 0.667. The monoisotopic (exact) mass is 371 g/mol. The molecule has 0 bridgehead atoms. The molecule has 2 unspecified atom stereocenters. The smallest absolute Gasteiger partial charge is 0.119 e. The van der Waals surface area contributed by atoms with Crippen LogP contribution >= 0.6 is 0 Å². The lowest BCUT2D eigenvalue weighted by atomic mass is 9.66. The Morgan fingerprint density at radius 3 is 2.56 bits per heavy atom. The normalized spacial score (nSPS) is 29.1. The Balaban J connectivity index is 2.02. The molecule has 1 aromatic rings. The number of aliphatic hydroxyl groups is 1. The van der Waals surface area contributed by atoms with Crippen molar-refractivity contribution in [3.05, 3.63) is 35.4 Å². The molecule has 2 aliphatic rings. The fourth-order valence-corrected chi connectivity index (χ4v) is 5.32.